The molecule has 494 valence electrons. The third-order valence-electron chi connectivity index (χ3n) is 12.5. The molecular weight excluding hydrogens is 1070 g/mol. The fourth-order valence-corrected chi connectivity index (χ4v) is 7.83. The highest BCUT2D eigenvalue weighted by Crippen LogP contribution is 2.17. The number of hydrazine groups is 1. The van der Waals surface area contributed by atoms with E-state index in [0.29, 0.717) is 156 Å². The van der Waals surface area contributed by atoms with Crippen LogP contribution in [0.15, 0.2) is 0 Å². The molecule has 0 aromatic heterocycles. The summed E-state index contributed by atoms with van der Waals surface area (Å²) in [5.74, 6) is 0. The summed E-state index contributed by atoms with van der Waals surface area (Å²) in [4.78, 5) is 0. The van der Waals surface area contributed by atoms with Crippen molar-refractivity contribution in [3.63, 3.8) is 0 Å². The fraction of sp³-hybridized carbons (Fsp3) is 1.00. The molecule has 0 spiro atoms. The molecule has 0 amide bonds. The van der Waals surface area contributed by atoms with Gasteiger partial charge in [-0.05, 0) is 103 Å². The fourth-order valence-electron chi connectivity index (χ4n) is 7.83. The lowest BCUT2D eigenvalue weighted by Crippen LogP contribution is -2.48. The number of ether oxygens (including phenoxy) is 16. The Labute approximate surface area is 497 Å². The predicted molar refractivity (Wildman–Crippen MR) is 314 cm³/mol. The lowest BCUT2D eigenvalue weighted by atomic mass is 10.3. The second-order valence-electron chi connectivity index (χ2n) is 20.0. The first-order valence-electron chi connectivity index (χ1n) is 32.1. The van der Waals surface area contributed by atoms with E-state index in [1.807, 2.05) is 65.4 Å². The van der Waals surface area contributed by atoms with Gasteiger partial charge in [0.1, 0.15) is 0 Å². The van der Waals surface area contributed by atoms with Gasteiger partial charge >= 0.3 is 0 Å². The van der Waals surface area contributed by atoms with Crippen molar-refractivity contribution in [2.45, 2.75) is 287 Å². The Kier molecular flexibility index (Phi) is 57.2. The Balaban J connectivity index is 6.04. The predicted octanol–water partition coefficient (Wildman–Crippen LogP) is 9.69. The highest BCUT2D eigenvalue weighted by molar-refractivity contribution is 4.65. The summed E-state index contributed by atoms with van der Waals surface area (Å²) in [5.41, 5.74) is 0. The number of aliphatic hydroxyl groups excluding tert-OH is 4. The summed E-state index contributed by atoms with van der Waals surface area (Å²) in [6, 6.07) is 0. The molecule has 12 atom stereocenters. The molecule has 0 aliphatic rings. The van der Waals surface area contributed by atoms with Gasteiger partial charge in [0.25, 0.3) is 0 Å². The minimum atomic E-state index is -1.12. The minimum Gasteiger partial charge on any atom is -0.368 e. The zero-order valence-corrected chi connectivity index (χ0v) is 53.6. The Morgan fingerprint density at radius 3 is 0.549 bits per heavy atom. The summed E-state index contributed by atoms with van der Waals surface area (Å²) >= 11 is 0. The highest BCUT2D eigenvalue weighted by Gasteiger charge is 2.24. The van der Waals surface area contributed by atoms with Crippen LogP contribution in [0.2, 0.25) is 0 Å². The first-order chi connectivity index (χ1) is 39.8. The normalized spacial score (nSPS) is 16.8. The average molecular weight is 1190 g/mol. The van der Waals surface area contributed by atoms with Gasteiger partial charge < -0.3 is 96.2 Å². The highest BCUT2D eigenvalue weighted by atomic mass is 16.8. The standard InChI is InChI=1S/C60H124N2O20/c1-13-37-71-53(17-5)79-57(21-9)75-45-25-41-67-49(63)29-33-61(34-30-50(64)68-42-26-46-76-58(22-10)80-54(18-6)72-38-14-2)62(35-31-51(65)69-43-27-47-77-59(23-11)81-55(19-7)73-39-15-3)36-32-52(66)70-44-28-48-78-60(24-12)82-56(20-8)74-40-16-4/h49-60,63-66H,13-48H2,1-12H3. The van der Waals surface area contributed by atoms with Gasteiger partial charge in [-0.15, -0.1) is 0 Å². The third kappa shape index (κ3) is 45.4. The van der Waals surface area contributed by atoms with Crippen LogP contribution < -0.4 is 0 Å². The molecule has 0 saturated heterocycles. The minimum absolute atomic E-state index is 0.207. The molecule has 22 nitrogen and oxygen atoms in total. The maximum Gasteiger partial charge on any atom is 0.160 e. The van der Waals surface area contributed by atoms with Crippen LogP contribution in [0.4, 0.5) is 0 Å². The van der Waals surface area contributed by atoms with E-state index in [1.54, 1.807) is 0 Å². The van der Waals surface area contributed by atoms with E-state index in [-0.39, 0.29) is 77.3 Å². The first kappa shape index (κ1) is 81.1. The van der Waals surface area contributed by atoms with Crippen molar-refractivity contribution < 1.29 is 96.2 Å². The third-order valence-corrected chi connectivity index (χ3v) is 12.5. The maximum atomic E-state index is 11.1. The second-order valence-corrected chi connectivity index (χ2v) is 20.0. The van der Waals surface area contributed by atoms with Crippen molar-refractivity contribution in [1.82, 2.24) is 10.0 Å². The van der Waals surface area contributed by atoms with E-state index in [4.69, 9.17) is 75.8 Å². The van der Waals surface area contributed by atoms with Gasteiger partial charge in [-0.3, -0.25) is 0 Å². The molecular formula is C60H124N2O20. The number of aliphatic hydroxyl groups is 4. The van der Waals surface area contributed by atoms with Gasteiger partial charge in [-0.25, -0.2) is 10.0 Å². The average Bonchev–Trinajstić information content (AvgIpc) is 3.49. The largest absolute Gasteiger partial charge is 0.368 e. The van der Waals surface area contributed by atoms with Gasteiger partial charge in [0, 0.05) is 78.3 Å². The second kappa shape index (κ2) is 57.8. The molecule has 82 heavy (non-hydrogen) atoms. The Morgan fingerprint density at radius 1 is 0.232 bits per heavy atom. The van der Waals surface area contributed by atoms with Gasteiger partial charge in [-0.1, -0.05) is 83.1 Å². The van der Waals surface area contributed by atoms with E-state index in [9.17, 15) is 20.4 Å². The topological polar surface area (TPSA) is 235 Å². The maximum absolute atomic E-state index is 11.1. The van der Waals surface area contributed by atoms with Gasteiger partial charge in [0.15, 0.2) is 75.5 Å². The summed E-state index contributed by atoms with van der Waals surface area (Å²) in [7, 11) is 0. The summed E-state index contributed by atoms with van der Waals surface area (Å²) in [5, 5.41) is 48.5. The van der Waals surface area contributed by atoms with E-state index in [1.165, 1.54) is 0 Å². The van der Waals surface area contributed by atoms with Crippen LogP contribution in [-0.4, -0.2) is 211 Å². The molecule has 0 rings (SSSR count). The Bertz CT molecular complexity index is 1120. The number of hydrogen-bond donors (Lipinski definition) is 4. The molecule has 0 fully saturated rings. The van der Waals surface area contributed by atoms with Crippen molar-refractivity contribution in [1.29, 1.82) is 0 Å². The van der Waals surface area contributed by atoms with Crippen molar-refractivity contribution in [2.24, 2.45) is 0 Å². The molecule has 0 aromatic rings. The van der Waals surface area contributed by atoms with E-state index in [2.05, 4.69) is 27.7 Å². The lowest BCUT2D eigenvalue weighted by molar-refractivity contribution is -0.248. The quantitative estimate of drug-likeness (QED) is 0.0252. The van der Waals surface area contributed by atoms with Crippen molar-refractivity contribution in [3.05, 3.63) is 0 Å². The molecule has 0 aliphatic carbocycles. The van der Waals surface area contributed by atoms with Crippen LogP contribution in [0, 0.1) is 0 Å². The van der Waals surface area contributed by atoms with Crippen molar-refractivity contribution in [2.75, 3.05) is 105 Å². The Hall–Kier alpha value is -0.880. The SMILES string of the molecule is CCCOC(CC)OC(CC)OCCCOC(O)CCN(CCC(O)OCCCOC(CC)OC(CC)OCCC)N(CCC(O)OCCCOC(CC)OC(CC)OCCC)CCC(O)OCCCOC(CC)OC(CC)OCCC. The molecule has 4 N–H and O–H groups in total. The van der Waals surface area contributed by atoms with Crippen LogP contribution in [0.3, 0.4) is 0 Å². The van der Waals surface area contributed by atoms with E-state index in [0.717, 1.165) is 25.7 Å². The summed E-state index contributed by atoms with van der Waals surface area (Å²) < 4.78 is 94.5. The van der Waals surface area contributed by atoms with Crippen LogP contribution in [0.5, 0.6) is 0 Å². The van der Waals surface area contributed by atoms with E-state index < -0.39 is 50.3 Å². The molecule has 0 aliphatic heterocycles. The molecule has 0 radical (unpaired) electrons. The smallest absolute Gasteiger partial charge is 0.160 e. The van der Waals surface area contributed by atoms with Gasteiger partial charge in [0.05, 0.1) is 52.9 Å². The monoisotopic (exact) mass is 1190 g/mol. The molecule has 0 saturated carbocycles. The van der Waals surface area contributed by atoms with Crippen LogP contribution in [0.1, 0.15) is 212 Å². The summed E-state index contributed by atoms with van der Waals surface area (Å²) in [6.45, 7) is 30.4. The van der Waals surface area contributed by atoms with Crippen LogP contribution in [0.25, 0.3) is 0 Å². The van der Waals surface area contributed by atoms with Crippen LogP contribution >= 0.6 is 0 Å². The summed E-state index contributed by atoms with van der Waals surface area (Å²) in [6.07, 6.45) is 4.53. The zero-order chi connectivity index (χ0) is 60.9. The zero-order valence-electron chi connectivity index (χ0n) is 53.6. The first-order valence-corrected chi connectivity index (χ1v) is 32.1. The van der Waals surface area contributed by atoms with Gasteiger partial charge in [0.2, 0.25) is 0 Å². The number of hydrogen-bond acceptors (Lipinski definition) is 22. The van der Waals surface area contributed by atoms with Gasteiger partial charge in [-0.2, -0.15) is 0 Å². The molecule has 0 bridgehead atoms. The molecule has 12 unspecified atom stereocenters. The molecule has 0 heterocycles. The number of rotatable bonds is 65. The van der Waals surface area contributed by atoms with Crippen molar-refractivity contribution in [3.8, 4) is 0 Å². The van der Waals surface area contributed by atoms with E-state index >= 15 is 0 Å². The molecule has 22 heteroatoms. The lowest BCUT2D eigenvalue weighted by Gasteiger charge is -2.37. The Morgan fingerprint density at radius 2 is 0.390 bits per heavy atom. The van der Waals surface area contributed by atoms with Crippen molar-refractivity contribution >= 4 is 0 Å². The van der Waals surface area contributed by atoms with Crippen LogP contribution in [-0.2, 0) is 75.8 Å². The molecule has 0 aromatic carbocycles. The number of nitrogens with zero attached hydrogens (tertiary/aromatic N) is 2.